The van der Waals surface area contributed by atoms with Crippen molar-refractivity contribution in [2.24, 2.45) is 0 Å². The summed E-state index contributed by atoms with van der Waals surface area (Å²) in [6.45, 7) is 8.48. The number of benzene rings is 1. The van der Waals surface area contributed by atoms with Crippen LogP contribution in [-0.4, -0.2) is 47.5 Å². The molecule has 0 saturated carbocycles. The predicted octanol–water partition coefficient (Wildman–Crippen LogP) is 3.07. The molecule has 1 aliphatic heterocycles. The van der Waals surface area contributed by atoms with Crippen molar-refractivity contribution in [2.75, 3.05) is 13.2 Å². The van der Waals surface area contributed by atoms with Gasteiger partial charge in [-0.25, -0.2) is 4.79 Å². The second-order valence-electron chi connectivity index (χ2n) is 8.08. The largest absolute Gasteiger partial charge is 0.460 e. The Bertz CT molecular complexity index is 745. The molecule has 1 fully saturated rings. The Hall–Kier alpha value is -2.50. The molecule has 1 saturated heterocycles. The number of carbonyl (C=O) groups is 4. The number of Topliss-reactive ketones (excluding diaryl/α,β-unsaturated/α-hetero) is 2. The molecule has 1 heterocycles. The van der Waals surface area contributed by atoms with E-state index in [-0.39, 0.29) is 36.6 Å². The maximum absolute atomic E-state index is 12.5. The number of esters is 1. The van der Waals surface area contributed by atoms with Gasteiger partial charge in [0.1, 0.15) is 6.04 Å². The SMILES string of the molecule is CCOC(=O)C(=O)C1CCCN1C(=O)CCC(=O)c1ccc(C(C)(C)C)cc1. The average Bonchev–Trinajstić information content (AvgIpc) is 3.14. The molecule has 1 aromatic rings. The molecule has 1 unspecified atom stereocenters. The first-order valence-corrected chi connectivity index (χ1v) is 9.79. The summed E-state index contributed by atoms with van der Waals surface area (Å²) in [5, 5.41) is 0. The monoisotopic (exact) mass is 387 g/mol. The number of ether oxygens (including phenoxy) is 1. The second-order valence-corrected chi connectivity index (χ2v) is 8.08. The van der Waals surface area contributed by atoms with Gasteiger partial charge in [0.05, 0.1) is 6.61 Å². The van der Waals surface area contributed by atoms with E-state index in [2.05, 4.69) is 20.8 Å². The number of nitrogens with zero attached hydrogens (tertiary/aromatic N) is 1. The Labute approximate surface area is 166 Å². The van der Waals surface area contributed by atoms with Crippen molar-refractivity contribution < 1.29 is 23.9 Å². The summed E-state index contributed by atoms with van der Waals surface area (Å²) in [6, 6.07) is 6.67. The minimum atomic E-state index is -0.901. The summed E-state index contributed by atoms with van der Waals surface area (Å²) >= 11 is 0. The fourth-order valence-corrected chi connectivity index (χ4v) is 3.34. The van der Waals surface area contributed by atoms with E-state index >= 15 is 0 Å². The third-order valence-corrected chi connectivity index (χ3v) is 4.99. The topological polar surface area (TPSA) is 80.8 Å². The van der Waals surface area contributed by atoms with E-state index in [0.29, 0.717) is 24.9 Å². The third kappa shape index (κ3) is 5.27. The number of hydrogen-bond donors (Lipinski definition) is 0. The quantitative estimate of drug-likeness (QED) is 0.408. The van der Waals surface area contributed by atoms with Crippen LogP contribution in [0.3, 0.4) is 0 Å². The summed E-state index contributed by atoms with van der Waals surface area (Å²) in [7, 11) is 0. The molecule has 152 valence electrons. The van der Waals surface area contributed by atoms with Gasteiger partial charge >= 0.3 is 5.97 Å². The number of amides is 1. The van der Waals surface area contributed by atoms with Gasteiger partial charge in [0, 0.05) is 24.9 Å². The first-order chi connectivity index (χ1) is 13.1. The smallest absolute Gasteiger partial charge is 0.376 e. The standard InChI is InChI=1S/C22H29NO5/c1-5-28-21(27)20(26)17-7-6-14-23(17)19(25)13-12-18(24)15-8-10-16(11-9-15)22(2,3)4/h8-11,17H,5-7,12-14H2,1-4H3. The van der Waals surface area contributed by atoms with Gasteiger partial charge in [-0.2, -0.15) is 0 Å². The molecule has 0 bridgehead atoms. The van der Waals surface area contributed by atoms with Crippen LogP contribution in [0, 0.1) is 0 Å². The summed E-state index contributed by atoms with van der Waals surface area (Å²) in [6.07, 6.45) is 1.20. The van der Waals surface area contributed by atoms with E-state index in [4.69, 9.17) is 4.74 Å². The Morgan fingerprint density at radius 3 is 2.29 bits per heavy atom. The molecule has 2 rings (SSSR count). The van der Waals surface area contributed by atoms with Crippen LogP contribution < -0.4 is 0 Å². The van der Waals surface area contributed by atoms with E-state index in [1.807, 2.05) is 12.1 Å². The highest BCUT2D eigenvalue weighted by Gasteiger charge is 2.37. The highest BCUT2D eigenvalue weighted by atomic mass is 16.5. The van der Waals surface area contributed by atoms with Crippen LogP contribution in [0.5, 0.6) is 0 Å². The third-order valence-electron chi connectivity index (χ3n) is 4.99. The summed E-state index contributed by atoms with van der Waals surface area (Å²) in [5.41, 5.74) is 1.72. The van der Waals surface area contributed by atoms with E-state index in [0.717, 1.165) is 5.56 Å². The molecular formula is C22H29NO5. The summed E-state index contributed by atoms with van der Waals surface area (Å²) in [4.78, 5) is 50.2. The Balaban J connectivity index is 1.94. The van der Waals surface area contributed by atoms with Crippen molar-refractivity contribution in [1.29, 1.82) is 0 Å². The lowest BCUT2D eigenvalue weighted by atomic mass is 9.86. The van der Waals surface area contributed by atoms with Crippen LogP contribution in [0.4, 0.5) is 0 Å². The van der Waals surface area contributed by atoms with Gasteiger partial charge in [-0.3, -0.25) is 14.4 Å². The van der Waals surface area contributed by atoms with Gasteiger partial charge in [-0.05, 0) is 30.7 Å². The van der Waals surface area contributed by atoms with Crippen molar-refractivity contribution in [3.8, 4) is 0 Å². The molecule has 1 amide bonds. The zero-order chi connectivity index (χ0) is 20.9. The molecule has 1 aliphatic rings. The van der Waals surface area contributed by atoms with Crippen LogP contribution >= 0.6 is 0 Å². The van der Waals surface area contributed by atoms with E-state index in [1.165, 1.54) is 4.90 Å². The molecular weight excluding hydrogens is 358 g/mol. The van der Waals surface area contributed by atoms with Crippen LogP contribution in [0.25, 0.3) is 0 Å². The Kier molecular flexibility index (Phi) is 7.11. The number of likely N-dealkylation sites (tertiary alicyclic amines) is 1. The zero-order valence-electron chi connectivity index (χ0n) is 17.1. The van der Waals surface area contributed by atoms with Crippen molar-refractivity contribution in [3.05, 3.63) is 35.4 Å². The van der Waals surface area contributed by atoms with Gasteiger partial charge in [-0.15, -0.1) is 0 Å². The van der Waals surface area contributed by atoms with Gasteiger partial charge in [0.15, 0.2) is 5.78 Å². The lowest BCUT2D eigenvalue weighted by Gasteiger charge is -2.23. The van der Waals surface area contributed by atoms with Gasteiger partial charge in [0.2, 0.25) is 5.91 Å². The molecule has 1 aromatic carbocycles. The lowest BCUT2D eigenvalue weighted by molar-refractivity contribution is -0.156. The number of carbonyl (C=O) groups excluding carboxylic acids is 4. The van der Waals surface area contributed by atoms with Crippen molar-refractivity contribution in [2.45, 2.75) is 64.8 Å². The summed E-state index contributed by atoms with van der Waals surface area (Å²) < 4.78 is 4.75. The molecule has 28 heavy (non-hydrogen) atoms. The minimum Gasteiger partial charge on any atom is -0.460 e. The number of hydrogen-bond acceptors (Lipinski definition) is 5. The van der Waals surface area contributed by atoms with Crippen LogP contribution in [0.2, 0.25) is 0 Å². The first-order valence-electron chi connectivity index (χ1n) is 9.79. The highest BCUT2D eigenvalue weighted by Crippen LogP contribution is 2.23. The summed E-state index contributed by atoms with van der Waals surface area (Å²) in [5.74, 6) is -1.97. The van der Waals surface area contributed by atoms with Crippen molar-refractivity contribution in [1.82, 2.24) is 4.90 Å². The van der Waals surface area contributed by atoms with Gasteiger partial charge < -0.3 is 9.64 Å². The van der Waals surface area contributed by atoms with Crippen molar-refractivity contribution in [3.63, 3.8) is 0 Å². The molecule has 1 atom stereocenters. The van der Waals surface area contributed by atoms with Crippen LogP contribution in [-0.2, 0) is 24.5 Å². The van der Waals surface area contributed by atoms with Crippen molar-refractivity contribution >= 4 is 23.4 Å². The van der Waals surface area contributed by atoms with E-state index in [1.54, 1.807) is 19.1 Å². The van der Waals surface area contributed by atoms with E-state index in [9.17, 15) is 19.2 Å². The molecule has 0 N–H and O–H groups in total. The fourth-order valence-electron chi connectivity index (χ4n) is 3.34. The molecule has 0 aliphatic carbocycles. The van der Waals surface area contributed by atoms with E-state index < -0.39 is 17.8 Å². The molecule has 0 spiro atoms. The Morgan fingerprint density at radius 1 is 1.07 bits per heavy atom. The van der Waals surface area contributed by atoms with Gasteiger partial charge in [0.25, 0.3) is 5.78 Å². The van der Waals surface area contributed by atoms with Crippen LogP contribution in [0.15, 0.2) is 24.3 Å². The van der Waals surface area contributed by atoms with Crippen LogP contribution in [0.1, 0.15) is 69.3 Å². The molecule has 0 radical (unpaired) electrons. The number of rotatable bonds is 7. The second kappa shape index (κ2) is 9.13. The maximum atomic E-state index is 12.5. The predicted molar refractivity (Wildman–Crippen MR) is 105 cm³/mol. The normalized spacial score (nSPS) is 16.7. The molecule has 6 nitrogen and oxygen atoms in total. The lowest BCUT2D eigenvalue weighted by Crippen LogP contribution is -2.43. The first kappa shape index (κ1) is 21.8. The molecule has 6 heteroatoms. The molecule has 0 aromatic heterocycles. The average molecular weight is 387 g/mol. The maximum Gasteiger partial charge on any atom is 0.376 e. The minimum absolute atomic E-state index is 0.00771. The fraction of sp³-hybridized carbons (Fsp3) is 0.545. The zero-order valence-corrected chi connectivity index (χ0v) is 17.1. The van der Waals surface area contributed by atoms with Gasteiger partial charge in [-0.1, -0.05) is 45.0 Å². The highest BCUT2D eigenvalue weighted by molar-refractivity contribution is 6.36. The number of ketones is 2. The Morgan fingerprint density at radius 2 is 1.71 bits per heavy atom.